The van der Waals surface area contributed by atoms with Gasteiger partial charge in [-0.15, -0.1) is 0 Å². The third kappa shape index (κ3) is 3.22. The molecule has 6 nitrogen and oxygen atoms in total. The molecule has 0 spiro atoms. The first-order chi connectivity index (χ1) is 11.6. The Kier molecular flexibility index (Phi) is 4.35. The summed E-state index contributed by atoms with van der Waals surface area (Å²) in [6.07, 6.45) is 7.48. The summed E-state index contributed by atoms with van der Waals surface area (Å²) in [5, 5.41) is 4.23. The van der Waals surface area contributed by atoms with Crippen molar-refractivity contribution in [1.29, 1.82) is 0 Å². The highest BCUT2D eigenvalue weighted by Gasteiger charge is 2.46. The first-order valence-electron chi connectivity index (χ1n) is 9.25. The number of hydrogen-bond acceptors (Lipinski definition) is 4. The van der Waals surface area contributed by atoms with Crippen LogP contribution in [0.5, 0.6) is 0 Å². The number of morpholine rings is 1. The zero-order valence-corrected chi connectivity index (χ0v) is 14.7. The fraction of sp³-hybridized carbons (Fsp3) is 0.778. The van der Waals surface area contributed by atoms with E-state index in [1.54, 1.807) is 0 Å². The van der Waals surface area contributed by atoms with E-state index in [-0.39, 0.29) is 5.92 Å². The maximum absolute atomic E-state index is 12.8. The van der Waals surface area contributed by atoms with Gasteiger partial charge in [-0.05, 0) is 37.7 Å². The molecule has 1 amide bonds. The summed E-state index contributed by atoms with van der Waals surface area (Å²) < 4.78 is 7.46. The molecule has 2 saturated heterocycles. The molecule has 132 valence electrons. The van der Waals surface area contributed by atoms with Gasteiger partial charge in [0.2, 0.25) is 5.91 Å². The molecule has 3 aliphatic rings. The van der Waals surface area contributed by atoms with Gasteiger partial charge in [-0.1, -0.05) is 0 Å². The van der Waals surface area contributed by atoms with Crippen LogP contribution in [0.25, 0.3) is 0 Å². The van der Waals surface area contributed by atoms with Crippen LogP contribution >= 0.6 is 0 Å². The van der Waals surface area contributed by atoms with E-state index in [4.69, 9.17) is 4.74 Å². The first-order valence-corrected chi connectivity index (χ1v) is 9.25. The number of amides is 1. The molecule has 0 aromatic carbocycles. The molecule has 0 bridgehead atoms. The van der Waals surface area contributed by atoms with Crippen LogP contribution in [0, 0.1) is 5.92 Å². The van der Waals surface area contributed by atoms with Gasteiger partial charge in [-0.25, -0.2) is 0 Å². The molecule has 24 heavy (non-hydrogen) atoms. The molecule has 0 N–H and O–H groups in total. The molecule has 3 atom stereocenters. The second kappa shape index (κ2) is 6.48. The van der Waals surface area contributed by atoms with E-state index in [2.05, 4.69) is 21.8 Å². The van der Waals surface area contributed by atoms with Crippen LogP contribution in [0.3, 0.4) is 0 Å². The van der Waals surface area contributed by atoms with Gasteiger partial charge in [0.25, 0.3) is 0 Å². The average Bonchev–Trinajstić information content (AvgIpc) is 3.28. The van der Waals surface area contributed by atoms with Gasteiger partial charge >= 0.3 is 0 Å². The number of carbonyl (C=O) groups excluding carboxylic acids is 1. The highest BCUT2D eigenvalue weighted by atomic mass is 16.5. The summed E-state index contributed by atoms with van der Waals surface area (Å²) >= 11 is 0. The van der Waals surface area contributed by atoms with Crippen LogP contribution < -0.4 is 0 Å². The maximum Gasteiger partial charge on any atom is 0.226 e. The van der Waals surface area contributed by atoms with Crippen molar-refractivity contribution in [3.63, 3.8) is 0 Å². The number of ether oxygens (including phenoxy) is 1. The lowest BCUT2D eigenvalue weighted by Gasteiger charge is -2.41. The third-order valence-electron chi connectivity index (χ3n) is 5.83. The van der Waals surface area contributed by atoms with Crippen molar-refractivity contribution in [2.24, 2.45) is 13.0 Å². The topological polar surface area (TPSA) is 50.6 Å². The molecule has 0 radical (unpaired) electrons. The molecule has 6 heteroatoms. The molecule has 3 heterocycles. The van der Waals surface area contributed by atoms with Gasteiger partial charge in [0.15, 0.2) is 0 Å². The normalized spacial score (nSPS) is 32.1. The van der Waals surface area contributed by atoms with E-state index < -0.39 is 0 Å². The SMILES string of the molecule is C[C@@H]1CN(C2CCN(C(=O)[C@H]3C[C@@H]3c3cnn(C)c3)CC2)CCO1. The molecule has 1 saturated carbocycles. The Balaban J connectivity index is 1.28. The van der Waals surface area contributed by atoms with Crippen molar-refractivity contribution < 1.29 is 9.53 Å². The third-order valence-corrected chi connectivity index (χ3v) is 5.83. The number of aryl methyl sites for hydroxylation is 1. The Morgan fingerprint density at radius 2 is 2.08 bits per heavy atom. The number of aromatic nitrogens is 2. The van der Waals surface area contributed by atoms with E-state index >= 15 is 0 Å². The van der Waals surface area contributed by atoms with Gasteiger partial charge < -0.3 is 9.64 Å². The molecule has 1 aromatic rings. The quantitative estimate of drug-likeness (QED) is 0.836. The van der Waals surface area contributed by atoms with E-state index in [1.807, 2.05) is 24.1 Å². The summed E-state index contributed by atoms with van der Waals surface area (Å²) in [5.74, 6) is 0.941. The van der Waals surface area contributed by atoms with Crippen LogP contribution in [0.15, 0.2) is 12.4 Å². The zero-order valence-electron chi connectivity index (χ0n) is 14.7. The van der Waals surface area contributed by atoms with Gasteiger partial charge in [0.05, 0.1) is 18.9 Å². The molecule has 3 fully saturated rings. The monoisotopic (exact) mass is 332 g/mol. The van der Waals surface area contributed by atoms with Crippen molar-refractivity contribution in [2.75, 3.05) is 32.8 Å². The summed E-state index contributed by atoms with van der Waals surface area (Å²) in [5.41, 5.74) is 1.22. The molecular formula is C18H28N4O2. The standard InChI is InChI=1S/C18H28N4O2/c1-13-11-22(7-8-24-13)15-3-5-21(6-4-15)18(23)17-9-16(17)14-10-19-20(2)12-14/h10,12-13,15-17H,3-9,11H2,1-2H3/t13-,16-,17+/m1/s1. The average molecular weight is 332 g/mol. The van der Waals surface area contributed by atoms with Gasteiger partial charge in [0, 0.05) is 51.4 Å². The van der Waals surface area contributed by atoms with Crippen molar-refractivity contribution in [3.8, 4) is 0 Å². The van der Waals surface area contributed by atoms with E-state index in [1.165, 1.54) is 5.56 Å². The Labute approximate surface area is 143 Å². The summed E-state index contributed by atoms with van der Waals surface area (Å²) in [4.78, 5) is 17.4. The van der Waals surface area contributed by atoms with E-state index in [0.717, 1.165) is 52.0 Å². The van der Waals surface area contributed by atoms with Gasteiger partial charge in [-0.2, -0.15) is 5.10 Å². The van der Waals surface area contributed by atoms with Crippen molar-refractivity contribution in [2.45, 2.75) is 44.2 Å². The predicted octanol–water partition coefficient (Wildman–Crippen LogP) is 1.24. The first kappa shape index (κ1) is 16.1. The van der Waals surface area contributed by atoms with Crippen LogP contribution in [0.2, 0.25) is 0 Å². The number of hydrogen-bond donors (Lipinski definition) is 0. The fourth-order valence-corrected chi connectivity index (χ4v) is 4.33. The van der Waals surface area contributed by atoms with Crippen LogP contribution in [-0.4, -0.2) is 70.4 Å². The summed E-state index contributed by atoms with van der Waals surface area (Å²) in [7, 11) is 1.93. The second-order valence-corrected chi connectivity index (χ2v) is 7.63. The van der Waals surface area contributed by atoms with Gasteiger partial charge in [-0.3, -0.25) is 14.4 Å². The number of nitrogens with zero attached hydrogens (tertiary/aromatic N) is 4. The largest absolute Gasteiger partial charge is 0.376 e. The smallest absolute Gasteiger partial charge is 0.226 e. The number of likely N-dealkylation sites (tertiary alicyclic amines) is 1. The Morgan fingerprint density at radius 3 is 2.75 bits per heavy atom. The van der Waals surface area contributed by atoms with Crippen molar-refractivity contribution in [1.82, 2.24) is 19.6 Å². The van der Waals surface area contributed by atoms with Crippen LogP contribution in [0.4, 0.5) is 0 Å². The second-order valence-electron chi connectivity index (χ2n) is 7.63. The Bertz CT molecular complexity index is 594. The zero-order chi connectivity index (χ0) is 16.7. The minimum Gasteiger partial charge on any atom is -0.376 e. The lowest BCUT2D eigenvalue weighted by atomic mass is 10.0. The van der Waals surface area contributed by atoms with Crippen LogP contribution in [0.1, 0.15) is 37.7 Å². The fourth-order valence-electron chi connectivity index (χ4n) is 4.33. The number of carbonyl (C=O) groups is 1. The highest BCUT2D eigenvalue weighted by molar-refractivity contribution is 5.83. The Hall–Kier alpha value is -1.40. The summed E-state index contributed by atoms with van der Waals surface area (Å²) in [6.45, 7) is 6.88. The minimum absolute atomic E-state index is 0.189. The maximum atomic E-state index is 12.8. The van der Waals surface area contributed by atoms with Gasteiger partial charge in [0.1, 0.15) is 0 Å². The minimum atomic E-state index is 0.189. The predicted molar refractivity (Wildman–Crippen MR) is 90.6 cm³/mol. The molecule has 0 unspecified atom stereocenters. The van der Waals surface area contributed by atoms with Crippen molar-refractivity contribution >= 4 is 5.91 Å². The Morgan fingerprint density at radius 1 is 1.29 bits per heavy atom. The van der Waals surface area contributed by atoms with Crippen LogP contribution in [-0.2, 0) is 16.6 Å². The number of piperidine rings is 1. The lowest BCUT2D eigenvalue weighted by Crippen LogP contribution is -2.52. The molecule has 1 aromatic heterocycles. The lowest BCUT2D eigenvalue weighted by molar-refractivity contribution is -0.134. The summed E-state index contributed by atoms with van der Waals surface area (Å²) in [6, 6.07) is 0.619. The number of rotatable bonds is 3. The van der Waals surface area contributed by atoms with E-state index in [0.29, 0.717) is 24.0 Å². The molecule has 4 rings (SSSR count). The van der Waals surface area contributed by atoms with E-state index in [9.17, 15) is 4.79 Å². The molecule has 2 aliphatic heterocycles. The molecular weight excluding hydrogens is 304 g/mol. The van der Waals surface area contributed by atoms with Crippen molar-refractivity contribution in [3.05, 3.63) is 18.0 Å². The molecule has 1 aliphatic carbocycles. The highest BCUT2D eigenvalue weighted by Crippen LogP contribution is 2.48.